The van der Waals surface area contributed by atoms with Crippen LogP contribution < -0.4 is 5.56 Å². The Balaban J connectivity index is 2.72. The molecule has 0 atom stereocenters. The second kappa shape index (κ2) is 4.41. The van der Waals surface area contributed by atoms with Crippen LogP contribution in [-0.2, 0) is 13.5 Å². The molecule has 1 heterocycles. The second-order valence-electron chi connectivity index (χ2n) is 3.81. The molecule has 4 nitrogen and oxygen atoms in total. The molecule has 4 heteroatoms. The number of nitrogens with zero attached hydrogens (tertiary/aromatic N) is 2. The molecule has 0 saturated heterocycles. The van der Waals surface area contributed by atoms with Crippen molar-refractivity contribution in [3.8, 4) is 17.1 Å². The van der Waals surface area contributed by atoms with E-state index < -0.39 is 5.56 Å². The number of hydrogen-bond donors (Lipinski definition) is 1. The van der Waals surface area contributed by atoms with Gasteiger partial charge in [-0.15, -0.1) is 0 Å². The number of benzene rings is 1. The number of aryl methyl sites for hydroxylation is 1. The average Bonchev–Trinajstić information content (AvgIpc) is 2.37. The molecule has 88 valence electrons. The summed E-state index contributed by atoms with van der Waals surface area (Å²) in [5.74, 6) is 0.319. The molecule has 0 fully saturated rings. The van der Waals surface area contributed by atoms with Crippen LogP contribution in [0, 0.1) is 0 Å². The van der Waals surface area contributed by atoms with Gasteiger partial charge in [-0.25, -0.2) is 4.98 Å². The molecule has 0 unspecified atom stereocenters. The van der Waals surface area contributed by atoms with Gasteiger partial charge in [0.1, 0.15) is 5.82 Å². The standard InChI is InChI=1S/C13H14N2O2/c1-3-10-11(16)13(17)15(2)12(14-10)9-7-5-4-6-8-9/h4-8,16H,3H2,1-2H3. The number of aromatic hydroxyl groups is 1. The number of rotatable bonds is 2. The summed E-state index contributed by atoms with van der Waals surface area (Å²) in [6, 6.07) is 9.46. The lowest BCUT2D eigenvalue weighted by Crippen LogP contribution is -2.21. The Labute approximate surface area is 99.2 Å². The Kier molecular flexibility index (Phi) is 2.95. The van der Waals surface area contributed by atoms with Gasteiger partial charge in [-0.3, -0.25) is 9.36 Å². The average molecular weight is 230 g/mol. The topological polar surface area (TPSA) is 55.1 Å². The summed E-state index contributed by atoms with van der Waals surface area (Å²) in [5.41, 5.74) is 0.893. The van der Waals surface area contributed by atoms with Gasteiger partial charge < -0.3 is 5.11 Å². The van der Waals surface area contributed by atoms with Crippen LogP contribution in [0.15, 0.2) is 35.1 Å². The fourth-order valence-electron chi connectivity index (χ4n) is 1.73. The van der Waals surface area contributed by atoms with Crippen molar-refractivity contribution in [3.05, 3.63) is 46.4 Å². The maximum absolute atomic E-state index is 11.8. The van der Waals surface area contributed by atoms with Crippen LogP contribution in [0.3, 0.4) is 0 Å². The van der Waals surface area contributed by atoms with E-state index in [4.69, 9.17) is 0 Å². The molecular weight excluding hydrogens is 216 g/mol. The van der Waals surface area contributed by atoms with Crippen LogP contribution >= 0.6 is 0 Å². The van der Waals surface area contributed by atoms with Crippen molar-refractivity contribution in [2.45, 2.75) is 13.3 Å². The number of aromatic nitrogens is 2. The van der Waals surface area contributed by atoms with E-state index in [2.05, 4.69) is 4.98 Å². The monoisotopic (exact) mass is 230 g/mol. The summed E-state index contributed by atoms with van der Waals surface area (Å²) in [6.07, 6.45) is 0.530. The van der Waals surface area contributed by atoms with Gasteiger partial charge in [-0.1, -0.05) is 37.3 Å². The zero-order chi connectivity index (χ0) is 12.4. The fraction of sp³-hybridized carbons (Fsp3) is 0.231. The molecule has 0 aliphatic rings. The molecule has 0 bridgehead atoms. The molecule has 0 amide bonds. The van der Waals surface area contributed by atoms with Crippen molar-refractivity contribution in [2.24, 2.45) is 7.05 Å². The third-order valence-electron chi connectivity index (χ3n) is 2.71. The van der Waals surface area contributed by atoms with E-state index in [0.717, 1.165) is 5.56 Å². The normalized spacial score (nSPS) is 10.5. The highest BCUT2D eigenvalue weighted by atomic mass is 16.3. The molecular formula is C13H14N2O2. The summed E-state index contributed by atoms with van der Waals surface area (Å²) in [7, 11) is 1.61. The third-order valence-corrected chi connectivity index (χ3v) is 2.71. The smallest absolute Gasteiger partial charge is 0.295 e. The predicted octanol–water partition coefficient (Wildman–Crippen LogP) is 1.72. The quantitative estimate of drug-likeness (QED) is 0.854. The lowest BCUT2D eigenvalue weighted by molar-refractivity contribution is 0.449. The first kappa shape index (κ1) is 11.4. The molecule has 17 heavy (non-hydrogen) atoms. The SMILES string of the molecule is CCc1nc(-c2ccccc2)n(C)c(=O)c1O. The molecule has 0 aliphatic carbocycles. The van der Waals surface area contributed by atoms with Gasteiger partial charge in [-0.2, -0.15) is 0 Å². The first-order chi connectivity index (χ1) is 8.15. The summed E-state index contributed by atoms with van der Waals surface area (Å²) in [5, 5.41) is 9.65. The van der Waals surface area contributed by atoms with E-state index in [1.54, 1.807) is 7.05 Å². The molecule has 0 spiro atoms. The van der Waals surface area contributed by atoms with Crippen molar-refractivity contribution in [1.82, 2.24) is 9.55 Å². The Morgan fingerprint density at radius 1 is 1.29 bits per heavy atom. The maximum Gasteiger partial charge on any atom is 0.295 e. The summed E-state index contributed by atoms with van der Waals surface area (Å²) < 4.78 is 1.36. The van der Waals surface area contributed by atoms with Crippen molar-refractivity contribution in [1.29, 1.82) is 0 Å². The Morgan fingerprint density at radius 3 is 2.53 bits per heavy atom. The fourth-order valence-corrected chi connectivity index (χ4v) is 1.73. The van der Waals surface area contributed by atoms with Crippen molar-refractivity contribution >= 4 is 0 Å². The van der Waals surface area contributed by atoms with Crippen molar-refractivity contribution in [3.63, 3.8) is 0 Å². The minimum Gasteiger partial charge on any atom is -0.502 e. The van der Waals surface area contributed by atoms with Gasteiger partial charge in [-0.05, 0) is 6.42 Å². The van der Waals surface area contributed by atoms with Crippen LogP contribution in [0.1, 0.15) is 12.6 Å². The number of hydrogen-bond acceptors (Lipinski definition) is 3. The summed E-state index contributed by atoms with van der Waals surface area (Å²) in [6.45, 7) is 1.86. The zero-order valence-corrected chi connectivity index (χ0v) is 9.84. The lowest BCUT2D eigenvalue weighted by atomic mass is 10.2. The second-order valence-corrected chi connectivity index (χ2v) is 3.81. The van der Waals surface area contributed by atoms with E-state index in [1.165, 1.54) is 4.57 Å². The van der Waals surface area contributed by atoms with E-state index >= 15 is 0 Å². The molecule has 0 aliphatic heterocycles. The van der Waals surface area contributed by atoms with Crippen LogP contribution in [-0.4, -0.2) is 14.7 Å². The van der Waals surface area contributed by atoms with Crippen LogP contribution in [0.25, 0.3) is 11.4 Å². The first-order valence-corrected chi connectivity index (χ1v) is 5.49. The highest BCUT2D eigenvalue weighted by Gasteiger charge is 2.13. The Bertz CT molecular complexity index is 588. The highest BCUT2D eigenvalue weighted by molar-refractivity contribution is 5.56. The Hall–Kier alpha value is -2.10. The van der Waals surface area contributed by atoms with Gasteiger partial charge in [0.25, 0.3) is 5.56 Å². The van der Waals surface area contributed by atoms with Crippen LogP contribution in [0.5, 0.6) is 5.75 Å². The van der Waals surface area contributed by atoms with E-state index in [-0.39, 0.29) is 5.75 Å². The van der Waals surface area contributed by atoms with Gasteiger partial charge in [0, 0.05) is 12.6 Å². The largest absolute Gasteiger partial charge is 0.502 e. The third kappa shape index (κ3) is 1.93. The molecule has 1 aromatic carbocycles. The zero-order valence-electron chi connectivity index (χ0n) is 9.84. The molecule has 1 N–H and O–H groups in total. The van der Waals surface area contributed by atoms with Crippen LogP contribution in [0.4, 0.5) is 0 Å². The van der Waals surface area contributed by atoms with Gasteiger partial charge in [0.15, 0.2) is 0 Å². The van der Waals surface area contributed by atoms with E-state index in [1.807, 2.05) is 37.3 Å². The van der Waals surface area contributed by atoms with Crippen molar-refractivity contribution in [2.75, 3.05) is 0 Å². The molecule has 2 aromatic rings. The summed E-state index contributed by atoms with van der Waals surface area (Å²) in [4.78, 5) is 16.1. The van der Waals surface area contributed by atoms with Crippen LogP contribution in [0.2, 0.25) is 0 Å². The minimum absolute atomic E-state index is 0.255. The highest BCUT2D eigenvalue weighted by Crippen LogP contribution is 2.18. The van der Waals surface area contributed by atoms with E-state index in [9.17, 15) is 9.90 Å². The summed E-state index contributed by atoms with van der Waals surface area (Å²) >= 11 is 0. The van der Waals surface area contributed by atoms with Crippen molar-refractivity contribution < 1.29 is 5.11 Å². The molecule has 0 saturated carbocycles. The molecule has 0 radical (unpaired) electrons. The molecule has 2 rings (SSSR count). The Morgan fingerprint density at radius 2 is 1.94 bits per heavy atom. The van der Waals surface area contributed by atoms with Gasteiger partial charge in [0.2, 0.25) is 5.75 Å². The van der Waals surface area contributed by atoms with Gasteiger partial charge >= 0.3 is 0 Å². The maximum atomic E-state index is 11.8. The van der Waals surface area contributed by atoms with Gasteiger partial charge in [0.05, 0.1) is 5.69 Å². The predicted molar refractivity (Wildman–Crippen MR) is 66.0 cm³/mol. The lowest BCUT2D eigenvalue weighted by Gasteiger charge is -2.10. The van der Waals surface area contributed by atoms with E-state index in [0.29, 0.717) is 17.9 Å². The molecule has 1 aromatic heterocycles. The first-order valence-electron chi connectivity index (χ1n) is 5.49. The minimum atomic E-state index is -0.407.